The first-order valence-corrected chi connectivity index (χ1v) is 6.14. The van der Waals surface area contributed by atoms with Gasteiger partial charge in [0.2, 0.25) is 0 Å². The number of aryl methyl sites for hydroxylation is 1. The molecule has 94 valence electrons. The minimum atomic E-state index is 0.246. The number of para-hydroxylation sites is 1. The lowest BCUT2D eigenvalue weighted by Gasteiger charge is -2.14. The van der Waals surface area contributed by atoms with Crippen molar-refractivity contribution in [3.05, 3.63) is 59.2 Å². The molecule has 0 spiro atoms. The van der Waals surface area contributed by atoms with Gasteiger partial charge in [-0.2, -0.15) is 0 Å². The van der Waals surface area contributed by atoms with Crippen LogP contribution in [0.1, 0.15) is 29.5 Å². The summed E-state index contributed by atoms with van der Waals surface area (Å²) in [6.45, 7) is 3.99. The van der Waals surface area contributed by atoms with E-state index < -0.39 is 0 Å². The Balaban J connectivity index is 2.19. The SMILES string of the molecule is Cc1cc(CC(C)c2ccccc2O)ccc1O. The van der Waals surface area contributed by atoms with Gasteiger partial charge in [-0.15, -0.1) is 0 Å². The standard InChI is InChI=1S/C16H18O2/c1-11(14-5-3-4-6-16(14)18)9-13-7-8-15(17)12(2)10-13/h3-8,10-11,17-18H,9H2,1-2H3. The zero-order valence-electron chi connectivity index (χ0n) is 10.7. The second-order valence-electron chi connectivity index (χ2n) is 4.78. The van der Waals surface area contributed by atoms with Gasteiger partial charge in [-0.1, -0.05) is 37.3 Å². The van der Waals surface area contributed by atoms with Crippen molar-refractivity contribution in [3.8, 4) is 11.5 Å². The van der Waals surface area contributed by atoms with E-state index in [4.69, 9.17) is 0 Å². The Hall–Kier alpha value is -1.96. The Labute approximate surface area is 108 Å². The average molecular weight is 242 g/mol. The van der Waals surface area contributed by atoms with E-state index >= 15 is 0 Å². The topological polar surface area (TPSA) is 40.5 Å². The first-order valence-electron chi connectivity index (χ1n) is 6.14. The molecule has 0 amide bonds. The fourth-order valence-electron chi connectivity index (χ4n) is 2.21. The molecule has 2 heteroatoms. The second-order valence-corrected chi connectivity index (χ2v) is 4.78. The number of hydrogen-bond acceptors (Lipinski definition) is 2. The number of rotatable bonds is 3. The van der Waals surface area contributed by atoms with Gasteiger partial charge in [0.1, 0.15) is 11.5 Å². The fourth-order valence-corrected chi connectivity index (χ4v) is 2.21. The summed E-state index contributed by atoms with van der Waals surface area (Å²) in [6.07, 6.45) is 0.846. The quantitative estimate of drug-likeness (QED) is 0.860. The lowest BCUT2D eigenvalue weighted by molar-refractivity contribution is 0.462. The predicted octanol–water partition coefficient (Wildman–Crippen LogP) is 3.75. The summed E-state index contributed by atoms with van der Waals surface area (Å²) >= 11 is 0. The Kier molecular flexibility index (Phi) is 3.56. The summed E-state index contributed by atoms with van der Waals surface area (Å²) in [4.78, 5) is 0. The van der Waals surface area contributed by atoms with Crippen LogP contribution in [0.15, 0.2) is 42.5 Å². The highest BCUT2D eigenvalue weighted by molar-refractivity contribution is 5.38. The highest BCUT2D eigenvalue weighted by atomic mass is 16.3. The Morgan fingerprint density at radius 1 is 1.00 bits per heavy atom. The molecule has 0 saturated carbocycles. The van der Waals surface area contributed by atoms with E-state index in [0.717, 1.165) is 17.5 Å². The maximum absolute atomic E-state index is 9.82. The molecular formula is C16H18O2. The Bertz CT molecular complexity index is 547. The molecule has 2 rings (SSSR count). The molecule has 0 bridgehead atoms. The number of hydrogen-bond donors (Lipinski definition) is 2. The maximum Gasteiger partial charge on any atom is 0.119 e. The van der Waals surface area contributed by atoms with Crippen molar-refractivity contribution in [3.63, 3.8) is 0 Å². The van der Waals surface area contributed by atoms with Gasteiger partial charge in [0, 0.05) is 0 Å². The van der Waals surface area contributed by atoms with Crippen LogP contribution in [0.2, 0.25) is 0 Å². The van der Waals surface area contributed by atoms with Crippen LogP contribution in [0.25, 0.3) is 0 Å². The van der Waals surface area contributed by atoms with Crippen LogP contribution in [-0.2, 0) is 6.42 Å². The van der Waals surface area contributed by atoms with E-state index in [-0.39, 0.29) is 5.92 Å². The molecule has 0 radical (unpaired) electrons. The molecule has 2 nitrogen and oxygen atoms in total. The van der Waals surface area contributed by atoms with Crippen LogP contribution in [0, 0.1) is 6.92 Å². The third-order valence-electron chi connectivity index (χ3n) is 3.27. The minimum absolute atomic E-state index is 0.246. The number of phenolic OH excluding ortho intramolecular Hbond substituents is 2. The van der Waals surface area contributed by atoms with Crippen LogP contribution in [-0.4, -0.2) is 10.2 Å². The number of benzene rings is 2. The molecule has 0 aliphatic heterocycles. The Morgan fingerprint density at radius 3 is 2.39 bits per heavy atom. The molecule has 2 aromatic carbocycles. The number of aromatic hydroxyl groups is 2. The third-order valence-corrected chi connectivity index (χ3v) is 3.27. The van der Waals surface area contributed by atoms with Gasteiger partial charge < -0.3 is 10.2 Å². The van der Waals surface area contributed by atoms with Crippen molar-refractivity contribution in [1.29, 1.82) is 0 Å². The van der Waals surface area contributed by atoms with Crippen molar-refractivity contribution in [2.24, 2.45) is 0 Å². The summed E-state index contributed by atoms with van der Waals surface area (Å²) in [5.74, 6) is 0.921. The van der Waals surface area contributed by atoms with Gasteiger partial charge in [0.05, 0.1) is 0 Å². The third kappa shape index (κ3) is 2.65. The summed E-state index contributed by atoms with van der Waals surface area (Å²) in [6, 6.07) is 13.1. The summed E-state index contributed by atoms with van der Waals surface area (Å²) in [5.41, 5.74) is 3.02. The largest absolute Gasteiger partial charge is 0.508 e. The van der Waals surface area contributed by atoms with Crippen LogP contribution < -0.4 is 0 Å². The lowest BCUT2D eigenvalue weighted by Crippen LogP contribution is -1.99. The second kappa shape index (κ2) is 5.13. The highest BCUT2D eigenvalue weighted by Crippen LogP contribution is 2.28. The molecule has 18 heavy (non-hydrogen) atoms. The van der Waals surface area contributed by atoms with Gasteiger partial charge in [0.15, 0.2) is 0 Å². The van der Waals surface area contributed by atoms with Crippen molar-refractivity contribution in [2.75, 3.05) is 0 Å². The van der Waals surface area contributed by atoms with Crippen LogP contribution in [0.3, 0.4) is 0 Å². The fraction of sp³-hybridized carbons (Fsp3) is 0.250. The zero-order chi connectivity index (χ0) is 13.1. The maximum atomic E-state index is 9.82. The molecule has 0 fully saturated rings. The van der Waals surface area contributed by atoms with E-state index in [2.05, 4.69) is 6.92 Å². The van der Waals surface area contributed by atoms with Gasteiger partial charge in [-0.05, 0) is 48.1 Å². The average Bonchev–Trinajstić information content (AvgIpc) is 2.34. The molecule has 0 aliphatic rings. The van der Waals surface area contributed by atoms with Gasteiger partial charge >= 0.3 is 0 Å². The van der Waals surface area contributed by atoms with Gasteiger partial charge in [-0.25, -0.2) is 0 Å². The van der Waals surface area contributed by atoms with Gasteiger partial charge in [-0.3, -0.25) is 0 Å². The predicted molar refractivity (Wildman–Crippen MR) is 73.1 cm³/mol. The van der Waals surface area contributed by atoms with E-state index in [9.17, 15) is 10.2 Å². The van der Waals surface area contributed by atoms with Crippen molar-refractivity contribution >= 4 is 0 Å². The first kappa shape index (κ1) is 12.5. The molecule has 0 aromatic heterocycles. The molecule has 0 heterocycles. The van der Waals surface area contributed by atoms with E-state index in [1.54, 1.807) is 12.1 Å². The molecule has 0 aliphatic carbocycles. The van der Waals surface area contributed by atoms with Crippen molar-refractivity contribution in [1.82, 2.24) is 0 Å². The van der Waals surface area contributed by atoms with E-state index in [1.165, 1.54) is 5.56 Å². The van der Waals surface area contributed by atoms with Gasteiger partial charge in [0.25, 0.3) is 0 Å². The monoisotopic (exact) mass is 242 g/mol. The molecule has 1 unspecified atom stereocenters. The normalized spacial score (nSPS) is 12.3. The summed E-state index contributed by atoms with van der Waals surface area (Å²) in [7, 11) is 0. The van der Waals surface area contributed by atoms with Crippen LogP contribution in [0.4, 0.5) is 0 Å². The van der Waals surface area contributed by atoms with E-state index in [1.807, 2.05) is 37.3 Å². The van der Waals surface area contributed by atoms with Crippen molar-refractivity contribution in [2.45, 2.75) is 26.2 Å². The molecular weight excluding hydrogens is 224 g/mol. The number of phenols is 2. The highest BCUT2D eigenvalue weighted by Gasteiger charge is 2.11. The molecule has 0 saturated heterocycles. The van der Waals surface area contributed by atoms with E-state index in [0.29, 0.717) is 11.5 Å². The first-order chi connectivity index (χ1) is 8.58. The Morgan fingerprint density at radius 2 is 1.72 bits per heavy atom. The summed E-state index contributed by atoms with van der Waals surface area (Å²) < 4.78 is 0. The van der Waals surface area contributed by atoms with Crippen LogP contribution >= 0.6 is 0 Å². The zero-order valence-corrected chi connectivity index (χ0v) is 10.7. The molecule has 1 atom stereocenters. The summed E-state index contributed by atoms with van der Waals surface area (Å²) in [5, 5.41) is 19.3. The van der Waals surface area contributed by atoms with Crippen LogP contribution in [0.5, 0.6) is 11.5 Å². The lowest BCUT2D eigenvalue weighted by atomic mass is 9.92. The van der Waals surface area contributed by atoms with Crippen molar-refractivity contribution < 1.29 is 10.2 Å². The molecule has 2 N–H and O–H groups in total. The smallest absolute Gasteiger partial charge is 0.119 e. The minimum Gasteiger partial charge on any atom is -0.508 e. The molecule has 2 aromatic rings.